The Balaban J connectivity index is 2.28. The molecule has 1 amide bonds. The number of hydrogen-bond donors (Lipinski definition) is 3. The van der Waals surface area contributed by atoms with E-state index in [1.807, 2.05) is 20.8 Å². The van der Waals surface area contributed by atoms with Crippen LogP contribution in [-0.4, -0.2) is 44.5 Å². The second-order valence-electron chi connectivity index (χ2n) is 6.88. The molecule has 0 bridgehead atoms. The third kappa shape index (κ3) is 9.22. The van der Waals surface area contributed by atoms with Crippen LogP contribution in [0.4, 0.5) is 4.79 Å². The van der Waals surface area contributed by atoms with Gasteiger partial charge < -0.3 is 15.4 Å². The molecular weight excluding hydrogens is 306 g/mol. The topological polar surface area (TPSA) is 111 Å². The summed E-state index contributed by atoms with van der Waals surface area (Å²) >= 11 is 0. The van der Waals surface area contributed by atoms with E-state index < -0.39 is 15.6 Å². The third-order valence-corrected chi connectivity index (χ3v) is 4.29. The zero-order valence-electron chi connectivity index (χ0n) is 13.7. The first-order chi connectivity index (χ1) is 10.1. The standard InChI is InChI=1S/C14H29N3O4S/c1-14(2,3)21-13(18)17-12-7-4-6-11(10-12)16-8-5-9-22(15,19)20/h11-12,16H,4-10H2,1-3H3,(H,17,18)(H2,15,19,20). The quantitative estimate of drug-likeness (QED) is 0.629. The fraction of sp³-hybridized carbons (Fsp3) is 0.929. The maximum absolute atomic E-state index is 11.8. The lowest BCUT2D eigenvalue weighted by Crippen LogP contribution is -2.45. The van der Waals surface area contributed by atoms with Gasteiger partial charge in [0, 0.05) is 12.1 Å². The average Bonchev–Trinajstić information content (AvgIpc) is 2.31. The second kappa shape index (κ2) is 8.12. The number of nitrogens with two attached hydrogens (primary N) is 1. The first-order valence-corrected chi connectivity index (χ1v) is 9.50. The van der Waals surface area contributed by atoms with E-state index in [4.69, 9.17) is 9.88 Å². The molecule has 0 aromatic rings. The van der Waals surface area contributed by atoms with Gasteiger partial charge in [-0.1, -0.05) is 0 Å². The van der Waals surface area contributed by atoms with E-state index in [0.29, 0.717) is 13.0 Å². The highest BCUT2D eigenvalue weighted by atomic mass is 32.2. The van der Waals surface area contributed by atoms with Crippen LogP contribution >= 0.6 is 0 Å². The highest BCUT2D eigenvalue weighted by Gasteiger charge is 2.25. The molecule has 0 heterocycles. The summed E-state index contributed by atoms with van der Waals surface area (Å²) in [5.41, 5.74) is -0.496. The molecule has 1 aliphatic rings. The predicted octanol–water partition coefficient (Wildman–Crippen LogP) is 1.09. The lowest BCUT2D eigenvalue weighted by Gasteiger charge is -2.31. The summed E-state index contributed by atoms with van der Waals surface area (Å²) in [6, 6.07) is 0.383. The molecule has 0 aliphatic heterocycles. The largest absolute Gasteiger partial charge is 0.444 e. The molecule has 0 aromatic heterocycles. The van der Waals surface area contributed by atoms with E-state index in [1.165, 1.54) is 0 Å². The average molecular weight is 335 g/mol. The number of carbonyl (C=O) groups is 1. The van der Waals surface area contributed by atoms with Crippen molar-refractivity contribution >= 4 is 16.1 Å². The van der Waals surface area contributed by atoms with Crippen molar-refractivity contribution in [3.63, 3.8) is 0 Å². The van der Waals surface area contributed by atoms with Crippen molar-refractivity contribution in [3.8, 4) is 0 Å². The fourth-order valence-electron chi connectivity index (χ4n) is 2.56. The summed E-state index contributed by atoms with van der Waals surface area (Å²) in [6.45, 7) is 6.12. The molecule has 1 fully saturated rings. The summed E-state index contributed by atoms with van der Waals surface area (Å²) < 4.78 is 27.0. The van der Waals surface area contributed by atoms with Gasteiger partial charge in [0.2, 0.25) is 10.0 Å². The second-order valence-corrected chi connectivity index (χ2v) is 8.62. The highest BCUT2D eigenvalue weighted by molar-refractivity contribution is 7.89. The van der Waals surface area contributed by atoms with Crippen LogP contribution in [-0.2, 0) is 14.8 Å². The third-order valence-electron chi connectivity index (χ3n) is 3.43. The minimum absolute atomic E-state index is 0.00763. The van der Waals surface area contributed by atoms with Gasteiger partial charge in [-0.05, 0) is 59.4 Å². The number of nitrogens with one attached hydrogen (secondary N) is 2. The number of alkyl carbamates (subject to hydrolysis) is 1. The molecule has 7 nitrogen and oxygen atoms in total. The van der Waals surface area contributed by atoms with Crippen molar-refractivity contribution < 1.29 is 17.9 Å². The Morgan fingerprint density at radius 3 is 2.50 bits per heavy atom. The molecule has 2 atom stereocenters. The van der Waals surface area contributed by atoms with Gasteiger partial charge in [-0.3, -0.25) is 0 Å². The summed E-state index contributed by atoms with van der Waals surface area (Å²) in [5.74, 6) is -0.00763. The van der Waals surface area contributed by atoms with Crippen molar-refractivity contribution in [3.05, 3.63) is 0 Å². The van der Waals surface area contributed by atoms with E-state index in [0.717, 1.165) is 25.7 Å². The SMILES string of the molecule is CC(C)(C)OC(=O)NC1CCCC(NCCCS(N)(=O)=O)C1. The van der Waals surface area contributed by atoms with Gasteiger partial charge in [-0.25, -0.2) is 18.4 Å². The van der Waals surface area contributed by atoms with E-state index in [9.17, 15) is 13.2 Å². The van der Waals surface area contributed by atoms with Crippen molar-refractivity contribution in [2.45, 2.75) is 70.6 Å². The van der Waals surface area contributed by atoms with E-state index in [1.54, 1.807) is 0 Å². The Kier molecular flexibility index (Phi) is 7.08. The number of hydrogen-bond acceptors (Lipinski definition) is 5. The van der Waals surface area contributed by atoms with Crippen molar-refractivity contribution in [2.24, 2.45) is 5.14 Å². The minimum atomic E-state index is -3.38. The zero-order valence-corrected chi connectivity index (χ0v) is 14.5. The molecule has 4 N–H and O–H groups in total. The molecule has 1 rings (SSSR count). The van der Waals surface area contributed by atoms with Gasteiger partial charge in [0.25, 0.3) is 0 Å². The molecule has 2 unspecified atom stereocenters. The van der Waals surface area contributed by atoms with Crippen LogP contribution in [0.5, 0.6) is 0 Å². The minimum Gasteiger partial charge on any atom is -0.444 e. The van der Waals surface area contributed by atoms with Crippen LogP contribution in [0.2, 0.25) is 0 Å². The Morgan fingerprint density at radius 1 is 1.27 bits per heavy atom. The van der Waals surface area contributed by atoms with Gasteiger partial charge in [0.05, 0.1) is 5.75 Å². The van der Waals surface area contributed by atoms with Gasteiger partial charge in [0.15, 0.2) is 0 Å². The maximum Gasteiger partial charge on any atom is 0.407 e. The first kappa shape index (κ1) is 19.2. The smallest absolute Gasteiger partial charge is 0.407 e. The van der Waals surface area contributed by atoms with Crippen LogP contribution in [0.1, 0.15) is 52.9 Å². The lowest BCUT2D eigenvalue weighted by molar-refractivity contribution is 0.0488. The van der Waals surface area contributed by atoms with Gasteiger partial charge in [-0.2, -0.15) is 0 Å². The molecule has 22 heavy (non-hydrogen) atoms. The number of sulfonamides is 1. The highest BCUT2D eigenvalue weighted by Crippen LogP contribution is 2.19. The normalized spacial score (nSPS) is 23.1. The van der Waals surface area contributed by atoms with E-state index in [-0.39, 0.29) is 23.9 Å². The number of primary sulfonamides is 1. The Hall–Kier alpha value is -0.860. The van der Waals surface area contributed by atoms with Gasteiger partial charge in [-0.15, -0.1) is 0 Å². The maximum atomic E-state index is 11.8. The fourth-order valence-corrected chi connectivity index (χ4v) is 3.11. The molecule has 1 aliphatic carbocycles. The Labute approximate surface area is 133 Å². The van der Waals surface area contributed by atoms with Gasteiger partial charge >= 0.3 is 6.09 Å². The summed E-state index contributed by atoms with van der Waals surface area (Å²) in [6.07, 6.45) is 3.94. The van der Waals surface area contributed by atoms with Crippen LogP contribution in [0.15, 0.2) is 0 Å². The summed E-state index contributed by atoms with van der Waals surface area (Å²) in [4.78, 5) is 11.8. The van der Waals surface area contributed by atoms with Crippen molar-refractivity contribution in [1.82, 2.24) is 10.6 Å². The molecule has 8 heteroatoms. The predicted molar refractivity (Wildman–Crippen MR) is 86.0 cm³/mol. The Bertz CT molecular complexity index is 459. The molecule has 0 radical (unpaired) electrons. The first-order valence-electron chi connectivity index (χ1n) is 7.78. The van der Waals surface area contributed by atoms with Crippen molar-refractivity contribution in [1.29, 1.82) is 0 Å². The number of carbonyl (C=O) groups excluding carboxylic acids is 1. The molecule has 1 saturated carbocycles. The van der Waals surface area contributed by atoms with E-state index >= 15 is 0 Å². The molecular formula is C14H29N3O4S. The Morgan fingerprint density at radius 2 is 1.91 bits per heavy atom. The van der Waals surface area contributed by atoms with Crippen LogP contribution in [0.25, 0.3) is 0 Å². The van der Waals surface area contributed by atoms with Crippen LogP contribution in [0, 0.1) is 0 Å². The lowest BCUT2D eigenvalue weighted by atomic mass is 9.91. The molecule has 0 aromatic carbocycles. The van der Waals surface area contributed by atoms with Crippen LogP contribution < -0.4 is 15.8 Å². The number of ether oxygens (including phenoxy) is 1. The summed E-state index contributed by atoms with van der Waals surface area (Å²) in [7, 11) is -3.38. The zero-order chi connectivity index (χ0) is 16.8. The molecule has 0 saturated heterocycles. The number of rotatable bonds is 6. The monoisotopic (exact) mass is 335 g/mol. The van der Waals surface area contributed by atoms with Crippen molar-refractivity contribution in [2.75, 3.05) is 12.3 Å². The summed E-state index contributed by atoms with van der Waals surface area (Å²) in [5, 5.41) is 11.2. The molecule has 0 spiro atoms. The van der Waals surface area contributed by atoms with Crippen LogP contribution in [0.3, 0.4) is 0 Å². The van der Waals surface area contributed by atoms with Gasteiger partial charge in [0.1, 0.15) is 5.60 Å². The van der Waals surface area contributed by atoms with E-state index in [2.05, 4.69) is 10.6 Å². The number of amides is 1. The molecule has 130 valence electrons.